The van der Waals surface area contributed by atoms with Gasteiger partial charge in [-0.1, -0.05) is 12.1 Å². The van der Waals surface area contributed by atoms with Gasteiger partial charge in [0, 0.05) is 16.4 Å². The Morgan fingerprint density at radius 2 is 1.28 bits per heavy atom. The van der Waals surface area contributed by atoms with E-state index < -0.39 is 31.6 Å². The number of amides is 1. The van der Waals surface area contributed by atoms with Gasteiger partial charge < -0.3 is 16.2 Å². The van der Waals surface area contributed by atoms with Crippen LogP contribution in [-0.4, -0.2) is 41.8 Å². The highest BCUT2D eigenvalue weighted by Gasteiger charge is 2.23. The van der Waals surface area contributed by atoms with Crippen molar-refractivity contribution in [3.63, 3.8) is 0 Å². The lowest BCUT2D eigenvalue weighted by Gasteiger charge is -2.02. The van der Waals surface area contributed by atoms with Crippen LogP contribution in [0.3, 0.4) is 0 Å². The summed E-state index contributed by atoms with van der Waals surface area (Å²) in [7, 11) is -5.54. The number of sulfone groups is 2. The molecule has 0 unspecified atom stereocenters. The number of benzene rings is 2. The first-order chi connectivity index (χ1) is 14.9. The Labute approximate surface area is 183 Å². The summed E-state index contributed by atoms with van der Waals surface area (Å²) in [5.41, 5.74) is 11.7. The van der Waals surface area contributed by atoms with Gasteiger partial charge >= 0.3 is 5.97 Å². The second-order valence-electron chi connectivity index (χ2n) is 6.53. The van der Waals surface area contributed by atoms with Crippen LogP contribution in [0.5, 0.6) is 0 Å². The minimum atomic E-state index is -3.43. The Hall–Kier alpha value is -3.77. The molecule has 2 aliphatic heterocycles. The molecular weight excluding hydrogens is 458 g/mol. The number of carbonyl (C=O) groups is 2. The molecule has 0 fully saturated rings. The van der Waals surface area contributed by atoms with Gasteiger partial charge in [-0.3, -0.25) is 4.79 Å². The molecule has 10 nitrogen and oxygen atoms in total. The van der Waals surface area contributed by atoms with Gasteiger partial charge in [-0.05, 0) is 47.5 Å². The van der Waals surface area contributed by atoms with Gasteiger partial charge in [0.25, 0.3) is 5.91 Å². The fraction of sp³-hybridized carbons (Fsp3) is 0.0500. The number of esters is 1. The van der Waals surface area contributed by atoms with Crippen LogP contribution in [0.25, 0.3) is 12.2 Å². The van der Waals surface area contributed by atoms with E-state index in [0.717, 1.165) is 10.8 Å². The SMILES string of the molecule is COC(=O)c1ccc2c(c1)S(=O)(=O)C=C2.NC(N)=NC(=O)c1ccc2c(c1)S(=O)(=O)C=C2. The summed E-state index contributed by atoms with van der Waals surface area (Å²) >= 11 is 0. The largest absolute Gasteiger partial charge is 0.465 e. The third kappa shape index (κ3) is 4.60. The van der Waals surface area contributed by atoms with Crippen molar-refractivity contribution >= 4 is 49.7 Å². The number of rotatable bonds is 2. The Morgan fingerprint density at radius 3 is 1.75 bits per heavy atom. The molecule has 0 bridgehead atoms. The van der Waals surface area contributed by atoms with Crippen molar-refractivity contribution in [3.8, 4) is 0 Å². The van der Waals surface area contributed by atoms with Crippen LogP contribution in [0.2, 0.25) is 0 Å². The fourth-order valence-corrected chi connectivity index (χ4v) is 5.33. The summed E-state index contributed by atoms with van der Waals surface area (Å²) < 4.78 is 50.6. The predicted molar refractivity (Wildman–Crippen MR) is 117 cm³/mol. The van der Waals surface area contributed by atoms with Gasteiger partial charge in [0.15, 0.2) is 25.6 Å². The lowest BCUT2D eigenvalue weighted by atomic mass is 10.1. The van der Waals surface area contributed by atoms with E-state index in [2.05, 4.69) is 9.73 Å². The Kier molecular flexibility index (Phi) is 6.01. The average molecular weight is 476 g/mol. The fourth-order valence-electron chi connectivity index (χ4n) is 2.87. The smallest absolute Gasteiger partial charge is 0.337 e. The second kappa shape index (κ2) is 8.40. The number of aliphatic imine (C=N–C) groups is 1. The Bertz CT molecular complexity index is 1430. The standard InChI is InChI=1S/C10H9N3O3S.C10H8O4S/c11-10(12)13-9(14)7-2-1-6-3-4-17(15,16)8(6)5-7;1-14-10(11)8-3-2-7-4-5-15(12,13)9(7)6-8/h1-5H,(H4,11,12,13,14);2-6H,1H3. The molecule has 12 heteroatoms. The number of hydrogen-bond acceptors (Lipinski definition) is 7. The van der Waals surface area contributed by atoms with E-state index in [1.54, 1.807) is 6.07 Å². The summed E-state index contributed by atoms with van der Waals surface area (Å²) in [4.78, 5) is 26.3. The molecule has 166 valence electrons. The van der Waals surface area contributed by atoms with Crippen molar-refractivity contribution < 1.29 is 31.2 Å². The van der Waals surface area contributed by atoms with Gasteiger partial charge in [-0.25, -0.2) is 21.6 Å². The first-order valence-corrected chi connectivity index (χ1v) is 11.9. The quantitative estimate of drug-likeness (QED) is 0.366. The molecule has 0 radical (unpaired) electrons. The zero-order valence-corrected chi connectivity index (χ0v) is 18.2. The van der Waals surface area contributed by atoms with Crippen molar-refractivity contribution in [1.29, 1.82) is 0 Å². The van der Waals surface area contributed by atoms with Crippen molar-refractivity contribution in [2.75, 3.05) is 7.11 Å². The number of carbonyl (C=O) groups excluding carboxylic acids is 2. The topological polar surface area (TPSA) is 176 Å². The van der Waals surface area contributed by atoms with E-state index in [0.29, 0.717) is 11.1 Å². The number of ether oxygens (including phenoxy) is 1. The van der Waals surface area contributed by atoms with Crippen LogP contribution in [0.1, 0.15) is 31.8 Å². The van der Waals surface area contributed by atoms with Crippen molar-refractivity contribution in [3.05, 3.63) is 69.5 Å². The number of methoxy groups -OCH3 is 1. The van der Waals surface area contributed by atoms with E-state index in [9.17, 15) is 26.4 Å². The minimum absolute atomic E-state index is 0.0918. The molecule has 1 amide bonds. The molecule has 4 rings (SSSR count). The predicted octanol–water partition coefficient (Wildman–Crippen LogP) is 1.09. The minimum Gasteiger partial charge on any atom is -0.465 e. The molecule has 0 aromatic heterocycles. The Balaban J connectivity index is 0.000000182. The molecule has 2 aromatic carbocycles. The lowest BCUT2D eigenvalue weighted by molar-refractivity contribution is 0.0600. The van der Waals surface area contributed by atoms with Gasteiger partial charge in [0.05, 0.1) is 22.5 Å². The Morgan fingerprint density at radius 1 is 0.812 bits per heavy atom. The number of nitrogens with two attached hydrogens (primary N) is 2. The van der Waals surface area contributed by atoms with Crippen molar-refractivity contribution in [2.45, 2.75) is 9.79 Å². The van der Waals surface area contributed by atoms with Crippen LogP contribution < -0.4 is 11.5 Å². The number of nitrogens with zero attached hydrogens (tertiary/aromatic N) is 1. The maximum Gasteiger partial charge on any atom is 0.337 e. The molecular formula is C20H17N3O7S2. The number of guanidine groups is 1. The molecule has 32 heavy (non-hydrogen) atoms. The molecule has 0 saturated carbocycles. The molecule has 0 spiro atoms. The van der Waals surface area contributed by atoms with Gasteiger partial charge in [0.2, 0.25) is 0 Å². The molecule has 2 heterocycles. The van der Waals surface area contributed by atoms with E-state index in [-0.39, 0.29) is 26.9 Å². The van der Waals surface area contributed by atoms with Gasteiger partial charge in [0.1, 0.15) is 0 Å². The zero-order valence-electron chi connectivity index (χ0n) is 16.5. The first-order valence-electron chi connectivity index (χ1n) is 8.81. The normalized spacial score (nSPS) is 15.7. The second-order valence-corrected chi connectivity index (χ2v) is 10.1. The van der Waals surface area contributed by atoms with E-state index in [4.69, 9.17) is 11.5 Å². The summed E-state index contributed by atoms with van der Waals surface area (Å²) in [6.07, 6.45) is 2.98. The number of fused-ring (bicyclic) bond motifs is 2. The highest BCUT2D eigenvalue weighted by atomic mass is 32.2. The van der Waals surface area contributed by atoms with Crippen LogP contribution in [0, 0.1) is 0 Å². The summed E-state index contributed by atoms with van der Waals surface area (Å²) in [5.74, 6) is -1.58. The molecule has 0 saturated heterocycles. The summed E-state index contributed by atoms with van der Waals surface area (Å²) in [5, 5.41) is 2.21. The highest BCUT2D eigenvalue weighted by Crippen LogP contribution is 2.28. The third-order valence-corrected chi connectivity index (χ3v) is 7.31. The van der Waals surface area contributed by atoms with Crippen molar-refractivity contribution in [2.24, 2.45) is 16.5 Å². The summed E-state index contributed by atoms with van der Waals surface area (Å²) in [6, 6.07) is 8.72. The maximum atomic E-state index is 11.6. The van der Waals surface area contributed by atoms with Gasteiger partial charge in [-0.2, -0.15) is 4.99 Å². The monoisotopic (exact) mass is 475 g/mol. The summed E-state index contributed by atoms with van der Waals surface area (Å²) in [6.45, 7) is 0. The molecule has 4 N–H and O–H groups in total. The van der Waals surface area contributed by atoms with E-state index in [1.165, 1.54) is 49.6 Å². The van der Waals surface area contributed by atoms with Crippen LogP contribution in [0.15, 0.2) is 62.0 Å². The maximum absolute atomic E-state index is 11.6. The number of hydrogen-bond donors (Lipinski definition) is 2. The average Bonchev–Trinajstić information content (AvgIpc) is 3.22. The zero-order chi connectivity index (χ0) is 23.7. The van der Waals surface area contributed by atoms with E-state index in [1.807, 2.05) is 0 Å². The first kappa shape index (κ1) is 22.9. The van der Waals surface area contributed by atoms with Crippen molar-refractivity contribution in [1.82, 2.24) is 0 Å². The molecule has 2 aliphatic rings. The van der Waals surface area contributed by atoms with Crippen LogP contribution >= 0.6 is 0 Å². The van der Waals surface area contributed by atoms with Gasteiger partial charge in [-0.15, -0.1) is 0 Å². The lowest BCUT2D eigenvalue weighted by Crippen LogP contribution is -2.24. The molecule has 2 aromatic rings. The van der Waals surface area contributed by atoms with E-state index >= 15 is 0 Å². The third-order valence-electron chi connectivity index (χ3n) is 4.39. The highest BCUT2D eigenvalue weighted by molar-refractivity contribution is 7.95. The van der Waals surface area contributed by atoms with Crippen LogP contribution in [-0.2, 0) is 24.4 Å². The molecule has 0 atom stereocenters. The van der Waals surface area contributed by atoms with Crippen LogP contribution in [0.4, 0.5) is 0 Å². The molecule has 0 aliphatic carbocycles.